The second-order valence-corrected chi connectivity index (χ2v) is 8.99. The molecule has 32 heavy (non-hydrogen) atoms. The lowest BCUT2D eigenvalue weighted by atomic mass is 10.1. The summed E-state index contributed by atoms with van der Waals surface area (Å²) in [5.41, 5.74) is 2.47. The highest BCUT2D eigenvalue weighted by Crippen LogP contribution is 2.36. The molecule has 4 aromatic rings. The van der Waals surface area contributed by atoms with E-state index in [9.17, 15) is 9.90 Å². The lowest BCUT2D eigenvalue weighted by Gasteiger charge is -2.24. The van der Waals surface area contributed by atoms with Gasteiger partial charge in [-0.25, -0.2) is 4.98 Å². The average Bonchev–Trinajstić information content (AvgIpc) is 3.58. The third kappa shape index (κ3) is 4.19. The Labute approximate surface area is 190 Å². The Kier molecular flexibility index (Phi) is 5.78. The van der Waals surface area contributed by atoms with E-state index in [-0.39, 0.29) is 5.56 Å². The molecule has 2 aromatic heterocycles. The highest BCUT2D eigenvalue weighted by atomic mass is 32.1. The van der Waals surface area contributed by atoms with Crippen LogP contribution in [0.4, 0.5) is 0 Å². The summed E-state index contributed by atoms with van der Waals surface area (Å²) in [6, 6.07) is 17.8. The van der Waals surface area contributed by atoms with Crippen molar-refractivity contribution in [3.05, 3.63) is 81.7 Å². The van der Waals surface area contributed by atoms with Crippen molar-refractivity contribution in [1.82, 2.24) is 14.9 Å². The topological polar surface area (TPSA) is 78.5 Å². The van der Waals surface area contributed by atoms with E-state index < -0.39 is 6.10 Å². The molecule has 0 amide bonds. The lowest BCUT2D eigenvalue weighted by Crippen LogP contribution is -2.32. The smallest absolute Gasteiger partial charge is 0.260 e. The number of nitrogens with zero attached hydrogens (tertiary/aromatic N) is 2. The minimum Gasteiger partial charge on any atom is -0.496 e. The van der Waals surface area contributed by atoms with Gasteiger partial charge in [-0.15, -0.1) is 11.3 Å². The molecule has 1 saturated carbocycles. The maximum atomic E-state index is 13.1. The molecule has 0 saturated heterocycles. The van der Waals surface area contributed by atoms with E-state index in [4.69, 9.17) is 9.72 Å². The standard InChI is InChI=1S/C25H25N3O3S/c1-31-21-10-6-5-9-18(21)19-15-32-25-23(19)24(30)26-22(27-25)14-28(17-11-12-17)13-20(29)16-7-3-2-4-8-16/h2-10,15,17,20,29H,11-14H2,1H3,(H,26,27,30)/t20-/m1/s1. The Balaban J connectivity index is 1.43. The molecule has 6 nitrogen and oxygen atoms in total. The molecule has 2 aromatic carbocycles. The number of fused-ring (bicyclic) bond motifs is 1. The van der Waals surface area contributed by atoms with Crippen LogP contribution in [0.3, 0.4) is 0 Å². The molecule has 0 radical (unpaired) electrons. The van der Waals surface area contributed by atoms with Gasteiger partial charge in [0.15, 0.2) is 0 Å². The summed E-state index contributed by atoms with van der Waals surface area (Å²) < 4.78 is 5.48. The third-order valence-electron chi connectivity index (χ3n) is 5.90. The maximum Gasteiger partial charge on any atom is 0.260 e. The van der Waals surface area contributed by atoms with Crippen molar-refractivity contribution in [3.8, 4) is 16.9 Å². The number of aliphatic hydroxyl groups is 1. The first-order valence-electron chi connectivity index (χ1n) is 10.7. The van der Waals surface area contributed by atoms with E-state index in [1.807, 2.05) is 60.0 Å². The van der Waals surface area contributed by atoms with Gasteiger partial charge in [-0.05, 0) is 24.5 Å². The highest BCUT2D eigenvalue weighted by Gasteiger charge is 2.31. The molecule has 1 aliphatic rings. The van der Waals surface area contributed by atoms with Crippen LogP contribution in [0.25, 0.3) is 21.3 Å². The van der Waals surface area contributed by atoms with Crippen LogP contribution >= 0.6 is 11.3 Å². The van der Waals surface area contributed by atoms with Crippen LogP contribution in [-0.4, -0.2) is 39.7 Å². The van der Waals surface area contributed by atoms with Gasteiger partial charge in [0.1, 0.15) is 16.4 Å². The molecular formula is C25H25N3O3S. The highest BCUT2D eigenvalue weighted by molar-refractivity contribution is 7.17. The molecule has 1 fully saturated rings. The fourth-order valence-corrected chi connectivity index (χ4v) is 5.07. The zero-order valence-electron chi connectivity index (χ0n) is 17.8. The Bertz CT molecular complexity index is 1280. The Morgan fingerprint density at radius 2 is 1.91 bits per heavy atom. The minimum atomic E-state index is -0.578. The van der Waals surface area contributed by atoms with Crippen molar-refractivity contribution in [2.24, 2.45) is 0 Å². The van der Waals surface area contributed by atoms with Crippen molar-refractivity contribution in [3.63, 3.8) is 0 Å². The number of thiophene rings is 1. The fourth-order valence-electron chi connectivity index (χ4n) is 4.11. The second kappa shape index (κ2) is 8.86. The molecule has 0 spiro atoms. The molecule has 0 unspecified atom stereocenters. The number of ether oxygens (including phenoxy) is 1. The maximum absolute atomic E-state index is 13.1. The zero-order chi connectivity index (χ0) is 22.1. The number of aliphatic hydroxyl groups excluding tert-OH is 1. The summed E-state index contributed by atoms with van der Waals surface area (Å²) in [6.45, 7) is 1.01. The van der Waals surface area contributed by atoms with Gasteiger partial charge in [0.2, 0.25) is 0 Å². The predicted octanol–water partition coefficient (Wildman–Crippen LogP) is 4.36. The second-order valence-electron chi connectivity index (χ2n) is 8.13. The van der Waals surface area contributed by atoms with Crippen molar-refractivity contribution in [2.75, 3.05) is 13.7 Å². The number of rotatable bonds is 8. The normalized spacial score (nSPS) is 14.7. The first-order chi connectivity index (χ1) is 15.6. The number of para-hydroxylation sites is 1. The van der Waals surface area contributed by atoms with Crippen LogP contribution in [0.15, 0.2) is 64.8 Å². The number of methoxy groups -OCH3 is 1. The van der Waals surface area contributed by atoms with Crippen LogP contribution in [0.1, 0.15) is 30.3 Å². The van der Waals surface area contributed by atoms with Crippen LogP contribution < -0.4 is 10.3 Å². The Morgan fingerprint density at radius 3 is 2.66 bits per heavy atom. The summed E-state index contributed by atoms with van der Waals surface area (Å²) in [6.07, 6.45) is 1.63. The first-order valence-corrected chi connectivity index (χ1v) is 11.6. The fraction of sp³-hybridized carbons (Fsp3) is 0.280. The molecule has 0 bridgehead atoms. The number of benzene rings is 2. The quantitative estimate of drug-likeness (QED) is 0.420. The van der Waals surface area contributed by atoms with Crippen LogP contribution in [0.2, 0.25) is 0 Å². The van der Waals surface area contributed by atoms with E-state index in [1.54, 1.807) is 7.11 Å². The van der Waals surface area contributed by atoms with Crippen molar-refractivity contribution in [1.29, 1.82) is 0 Å². The van der Waals surface area contributed by atoms with E-state index >= 15 is 0 Å². The van der Waals surface area contributed by atoms with Crippen LogP contribution in [0, 0.1) is 0 Å². The summed E-state index contributed by atoms with van der Waals surface area (Å²) >= 11 is 1.46. The van der Waals surface area contributed by atoms with Gasteiger partial charge in [0, 0.05) is 29.1 Å². The van der Waals surface area contributed by atoms with Crippen molar-refractivity contribution < 1.29 is 9.84 Å². The Morgan fingerprint density at radius 1 is 1.16 bits per heavy atom. The predicted molar refractivity (Wildman–Crippen MR) is 127 cm³/mol. The molecule has 1 atom stereocenters. The molecule has 5 rings (SSSR count). The lowest BCUT2D eigenvalue weighted by molar-refractivity contribution is 0.103. The molecule has 164 valence electrons. The average molecular weight is 448 g/mol. The summed E-state index contributed by atoms with van der Waals surface area (Å²) in [5, 5.41) is 13.3. The van der Waals surface area contributed by atoms with Gasteiger partial charge >= 0.3 is 0 Å². The number of aromatic amines is 1. The van der Waals surface area contributed by atoms with Gasteiger partial charge in [-0.1, -0.05) is 48.5 Å². The van der Waals surface area contributed by atoms with Gasteiger partial charge in [0.05, 0.1) is 25.1 Å². The van der Waals surface area contributed by atoms with Crippen LogP contribution in [-0.2, 0) is 6.54 Å². The summed E-state index contributed by atoms with van der Waals surface area (Å²) in [7, 11) is 1.63. The Hall–Kier alpha value is -3.00. The zero-order valence-corrected chi connectivity index (χ0v) is 18.6. The van der Waals surface area contributed by atoms with Crippen molar-refractivity contribution >= 4 is 21.6 Å². The van der Waals surface area contributed by atoms with Gasteiger partial charge in [-0.3, -0.25) is 9.69 Å². The minimum absolute atomic E-state index is 0.147. The first kappa shape index (κ1) is 20.9. The number of hydrogen-bond acceptors (Lipinski definition) is 6. The SMILES string of the molecule is COc1ccccc1-c1csc2nc(CN(C[C@@H](O)c3ccccc3)C3CC3)[nH]c(=O)c12. The number of H-pyrrole nitrogens is 1. The molecule has 0 aliphatic heterocycles. The molecule has 2 N–H and O–H groups in total. The molecule has 2 heterocycles. The van der Waals surface area contributed by atoms with E-state index in [0.717, 1.165) is 35.3 Å². The van der Waals surface area contributed by atoms with Gasteiger partial charge in [0.25, 0.3) is 5.56 Å². The van der Waals surface area contributed by atoms with Gasteiger partial charge < -0.3 is 14.8 Å². The number of aromatic nitrogens is 2. The monoisotopic (exact) mass is 447 g/mol. The molecule has 1 aliphatic carbocycles. The molecule has 7 heteroatoms. The van der Waals surface area contributed by atoms with E-state index in [0.29, 0.717) is 35.2 Å². The van der Waals surface area contributed by atoms with E-state index in [1.165, 1.54) is 11.3 Å². The molecular weight excluding hydrogens is 422 g/mol. The third-order valence-corrected chi connectivity index (χ3v) is 6.77. The van der Waals surface area contributed by atoms with Crippen molar-refractivity contribution in [2.45, 2.75) is 31.5 Å². The van der Waals surface area contributed by atoms with E-state index in [2.05, 4.69) is 9.88 Å². The summed E-state index contributed by atoms with van der Waals surface area (Å²) in [4.78, 5) is 23.8. The largest absolute Gasteiger partial charge is 0.496 e. The van der Waals surface area contributed by atoms with Crippen LogP contribution in [0.5, 0.6) is 5.75 Å². The summed E-state index contributed by atoms with van der Waals surface area (Å²) in [5.74, 6) is 1.36. The number of nitrogens with one attached hydrogen (secondary N) is 1. The number of hydrogen-bond donors (Lipinski definition) is 2. The van der Waals surface area contributed by atoms with Gasteiger partial charge in [-0.2, -0.15) is 0 Å².